The van der Waals surface area contributed by atoms with Crippen molar-refractivity contribution in [2.24, 2.45) is 0 Å². The summed E-state index contributed by atoms with van der Waals surface area (Å²) in [5.74, 6) is 1.25. The fraction of sp³-hybridized carbons (Fsp3) is 0.462. The number of nitrogens with two attached hydrogens (primary N) is 1. The summed E-state index contributed by atoms with van der Waals surface area (Å²) >= 11 is 0. The summed E-state index contributed by atoms with van der Waals surface area (Å²) in [6, 6.07) is 5.45. The van der Waals surface area contributed by atoms with E-state index in [1.807, 2.05) is 26.0 Å². The van der Waals surface area contributed by atoms with Crippen molar-refractivity contribution in [1.29, 1.82) is 0 Å². The molecule has 2 N–H and O–H groups in total. The Kier molecular flexibility index (Phi) is 3.89. The quantitative estimate of drug-likeness (QED) is 0.830. The zero-order valence-corrected chi connectivity index (χ0v) is 12.1. The zero-order chi connectivity index (χ0) is 14.8. The number of hydrogen-bond acceptors (Lipinski definition) is 6. The number of hydrogen-bond donors (Lipinski definition) is 1. The van der Waals surface area contributed by atoms with Gasteiger partial charge in [0.1, 0.15) is 5.75 Å². The van der Waals surface area contributed by atoms with Crippen molar-refractivity contribution in [3.8, 4) is 17.1 Å². The lowest BCUT2D eigenvalue weighted by Gasteiger charge is -2.22. The van der Waals surface area contributed by atoms with Crippen molar-refractivity contribution in [1.82, 2.24) is 20.2 Å². The van der Waals surface area contributed by atoms with E-state index in [1.165, 1.54) is 0 Å². The van der Waals surface area contributed by atoms with Crippen molar-refractivity contribution in [2.45, 2.75) is 26.0 Å². The minimum Gasteiger partial charge on any atom is -0.495 e. The van der Waals surface area contributed by atoms with Crippen LogP contribution < -0.4 is 10.5 Å². The fourth-order valence-corrected chi connectivity index (χ4v) is 1.79. The van der Waals surface area contributed by atoms with Gasteiger partial charge in [-0.3, -0.25) is 0 Å². The van der Waals surface area contributed by atoms with E-state index in [4.69, 9.17) is 15.2 Å². The number of rotatable bonds is 5. The van der Waals surface area contributed by atoms with Gasteiger partial charge in [-0.05, 0) is 42.5 Å². The number of methoxy groups -OCH3 is 2. The second-order valence-electron chi connectivity index (χ2n) is 5.08. The molecule has 1 aromatic heterocycles. The van der Waals surface area contributed by atoms with E-state index in [1.54, 1.807) is 25.0 Å². The molecular formula is C13H19N5O2. The van der Waals surface area contributed by atoms with Crippen LogP contribution >= 0.6 is 0 Å². The first-order valence-electron chi connectivity index (χ1n) is 6.22. The van der Waals surface area contributed by atoms with E-state index in [2.05, 4.69) is 15.5 Å². The Bertz CT molecular complexity index is 594. The third-order valence-corrected chi connectivity index (χ3v) is 3.11. The molecule has 0 aliphatic heterocycles. The first kappa shape index (κ1) is 14.3. The summed E-state index contributed by atoms with van der Waals surface area (Å²) in [7, 11) is 3.24. The van der Waals surface area contributed by atoms with Gasteiger partial charge in [-0.1, -0.05) is 0 Å². The highest BCUT2D eigenvalue weighted by atomic mass is 16.5. The van der Waals surface area contributed by atoms with Crippen LogP contribution in [0.2, 0.25) is 0 Å². The Hall–Kier alpha value is -2.15. The second kappa shape index (κ2) is 5.46. The molecule has 0 radical (unpaired) electrons. The Balaban J connectivity index is 2.37. The average Bonchev–Trinajstić information content (AvgIpc) is 2.87. The Morgan fingerprint density at radius 2 is 2.05 bits per heavy atom. The van der Waals surface area contributed by atoms with Crippen LogP contribution in [0.1, 0.15) is 13.8 Å². The minimum absolute atomic E-state index is 0.359. The molecule has 2 rings (SSSR count). The molecule has 0 amide bonds. The molecule has 20 heavy (non-hydrogen) atoms. The SMILES string of the molecule is COc1cc(-c2nnnn2CC(C)(C)OC)ccc1N. The van der Waals surface area contributed by atoms with Crippen molar-refractivity contribution < 1.29 is 9.47 Å². The normalized spacial score (nSPS) is 11.6. The number of ether oxygens (including phenoxy) is 2. The van der Waals surface area contributed by atoms with Crippen LogP contribution in [-0.4, -0.2) is 40.0 Å². The summed E-state index contributed by atoms with van der Waals surface area (Å²) in [4.78, 5) is 0. The van der Waals surface area contributed by atoms with Gasteiger partial charge in [0.15, 0.2) is 5.82 Å². The molecule has 0 saturated carbocycles. The molecule has 2 aromatic rings. The summed E-state index contributed by atoms with van der Waals surface area (Å²) in [6.45, 7) is 4.49. The lowest BCUT2D eigenvalue weighted by Crippen LogP contribution is -2.30. The number of nitrogens with zero attached hydrogens (tertiary/aromatic N) is 4. The van der Waals surface area contributed by atoms with E-state index in [0.717, 1.165) is 5.56 Å². The Labute approximate surface area is 117 Å². The van der Waals surface area contributed by atoms with Crippen molar-refractivity contribution in [3.05, 3.63) is 18.2 Å². The summed E-state index contributed by atoms with van der Waals surface area (Å²) in [6.07, 6.45) is 0. The van der Waals surface area contributed by atoms with Crippen LogP contribution in [-0.2, 0) is 11.3 Å². The fourth-order valence-electron chi connectivity index (χ4n) is 1.79. The average molecular weight is 277 g/mol. The van der Waals surface area contributed by atoms with Crippen LogP contribution in [0, 0.1) is 0 Å². The van der Waals surface area contributed by atoms with Gasteiger partial charge in [0.25, 0.3) is 0 Å². The van der Waals surface area contributed by atoms with E-state index < -0.39 is 0 Å². The molecule has 0 aliphatic rings. The summed E-state index contributed by atoms with van der Waals surface area (Å²) in [5.41, 5.74) is 6.87. The molecular weight excluding hydrogens is 258 g/mol. The van der Waals surface area contributed by atoms with Gasteiger partial charge in [-0.25, -0.2) is 4.68 Å². The number of aromatic nitrogens is 4. The number of anilines is 1. The predicted molar refractivity (Wildman–Crippen MR) is 75.3 cm³/mol. The first-order valence-corrected chi connectivity index (χ1v) is 6.22. The van der Waals surface area contributed by atoms with Gasteiger partial charge >= 0.3 is 0 Å². The molecule has 0 unspecified atom stereocenters. The van der Waals surface area contributed by atoms with Gasteiger partial charge in [0, 0.05) is 12.7 Å². The van der Waals surface area contributed by atoms with Gasteiger partial charge in [0.2, 0.25) is 0 Å². The maximum Gasteiger partial charge on any atom is 0.182 e. The molecule has 0 spiro atoms. The summed E-state index contributed by atoms with van der Waals surface area (Å²) < 4.78 is 12.3. The van der Waals surface area contributed by atoms with Crippen LogP contribution in [0.4, 0.5) is 5.69 Å². The van der Waals surface area contributed by atoms with E-state index in [-0.39, 0.29) is 5.60 Å². The Morgan fingerprint density at radius 1 is 1.30 bits per heavy atom. The zero-order valence-electron chi connectivity index (χ0n) is 12.1. The largest absolute Gasteiger partial charge is 0.495 e. The highest BCUT2D eigenvalue weighted by Gasteiger charge is 2.21. The topological polar surface area (TPSA) is 88.1 Å². The maximum absolute atomic E-state index is 5.81. The van der Waals surface area contributed by atoms with E-state index in [9.17, 15) is 0 Å². The molecule has 0 atom stereocenters. The van der Waals surface area contributed by atoms with Crippen molar-refractivity contribution >= 4 is 5.69 Å². The molecule has 1 heterocycles. The molecule has 7 nitrogen and oxygen atoms in total. The number of tetrazole rings is 1. The second-order valence-corrected chi connectivity index (χ2v) is 5.08. The highest BCUT2D eigenvalue weighted by Crippen LogP contribution is 2.27. The monoisotopic (exact) mass is 277 g/mol. The predicted octanol–water partition coefficient (Wildman–Crippen LogP) is 1.36. The van der Waals surface area contributed by atoms with Gasteiger partial charge in [0.05, 0.1) is 24.9 Å². The van der Waals surface area contributed by atoms with Crippen LogP contribution in [0.15, 0.2) is 18.2 Å². The van der Waals surface area contributed by atoms with Crippen LogP contribution in [0.25, 0.3) is 11.4 Å². The molecule has 108 valence electrons. The maximum atomic E-state index is 5.81. The molecule has 1 aromatic carbocycles. The highest BCUT2D eigenvalue weighted by molar-refractivity contribution is 5.65. The smallest absolute Gasteiger partial charge is 0.182 e. The van der Waals surface area contributed by atoms with Crippen molar-refractivity contribution in [3.63, 3.8) is 0 Å². The lowest BCUT2D eigenvalue weighted by molar-refractivity contribution is 0.00538. The molecule has 0 bridgehead atoms. The number of benzene rings is 1. The van der Waals surface area contributed by atoms with E-state index in [0.29, 0.717) is 23.8 Å². The lowest BCUT2D eigenvalue weighted by atomic mass is 10.1. The van der Waals surface area contributed by atoms with Gasteiger partial charge in [-0.2, -0.15) is 0 Å². The molecule has 0 aliphatic carbocycles. The van der Waals surface area contributed by atoms with Crippen LogP contribution in [0.5, 0.6) is 5.75 Å². The van der Waals surface area contributed by atoms with Crippen molar-refractivity contribution in [2.75, 3.05) is 20.0 Å². The third kappa shape index (κ3) is 2.88. The van der Waals surface area contributed by atoms with Crippen LogP contribution in [0.3, 0.4) is 0 Å². The summed E-state index contributed by atoms with van der Waals surface area (Å²) in [5, 5.41) is 11.8. The molecule has 0 saturated heterocycles. The van der Waals surface area contributed by atoms with Gasteiger partial charge in [-0.15, -0.1) is 5.10 Å². The minimum atomic E-state index is -0.359. The third-order valence-electron chi connectivity index (χ3n) is 3.11. The standard InChI is InChI=1S/C13H19N5O2/c1-13(2,20-4)8-18-12(15-16-17-18)9-5-6-10(14)11(7-9)19-3/h5-7H,8,14H2,1-4H3. The molecule has 7 heteroatoms. The first-order chi connectivity index (χ1) is 9.46. The van der Waals surface area contributed by atoms with Gasteiger partial charge < -0.3 is 15.2 Å². The molecule has 0 fully saturated rings. The Morgan fingerprint density at radius 3 is 2.70 bits per heavy atom. The number of nitrogen functional groups attached to an aromatic ring is 1. The van der Waals surface area contributed by atoms with E-state index >= 15 is 0 Å².